The van der Waals surface area contributed by atoms with Crippen LogP contribution in [0.1, 0.15) is 32.6 Å². The van der Waals surface area contributed by atoms with Crippen LogP contribution in [0.3, 0.4) is 0 Å². The van der Waals surface area contributed by atoms with E-state index in [0.29, 0.717) is 11.3 Å². The quantitative estimate of drug-likeness (QED) is 0.848. The Labute approximate surface area is 102 Å². The lowest BCUT2D eigenvalue weighted by molar-refractivity contribution is 0.304. The minimum Gasteiger partial charge on any atom is -0.340 e. The van der Waals surface area contributed by atoms with Gasteiger partial charge in [-0.1, -0.05) is 25.1 Å². The maximum atomic E-state index is 4.31. The van der Waals surface area contributed by atoms with Crippen LogP contribution in [0.4, 0.5) is 0 Å². The van der Waals surface area contributed by atoms with Crippen molar-refractivity contribution >= 4 is 11.8 Å². The normalized spacial score (nSPS) is 30.5. The van der Waals surface area contributed by atoms with Gasteiger partial charge < -0.3 is 10.3 Å². The van der Waals surface area contributed by atoms with E-state index in [4.69, 9.17) is 0 Å². The van der Waals surface area contributed by atoms with Gasteiger partial charge in [-0.25, -0.2) is 4.98 Å². The number of H-pyrrole nitrogens is 1. The van der Waals surface area contributed by atoms with Crippen molar-refractivity contribution in [1.82, 2.24) is 15.3 Å². The molecule has 1 saturated carbocycles. The van der Waals surface area contributed by atoms with E-state index in [0.717, 1.165) is 11.1 Å². The number of nitrogens with one attached hydrogen (secondary N) is 2. The lowest BCUT2D eigenvalue weighted by atomic mass is 9.84. The predicted octanol–water partition coefficient (Wildman–Crippen LogP) is 2.67. The van der Waals surface area contributed by atoms with Gasteiger partial charge >= 0.3 is 0 Å². The number of imidazole rings is 1. The van der Waals surface area contributed by atoms with Gasteiger partial charge in [-0.05, 0) is 32.2 Å². The fraction of sp³-hybridized carbons (Fsp3) is 0.750. The Morgan fingerprint density at radius 2 is 2.44 bits per heavy atom. The van der Waals surface area contributed by atoms with Crippen molar-refractivity contribution in [2.24, 2.45) is 5.92 Å². The lowest BCUT2D eigenvalue weighted by Crippen LogP contribution is -2.40. The second-order valence-electron chi connectivity index (χ2n) is 4.53. The molecule has 0 aromatic carbocycles. The van der Waals surface area contributed by atoms with Gasteiger partial charge in [-0.3, -0.25) is 0 Å². The highest BCUT2D eigenvalue weighted by Crippen LogP contribution is 2.36. The minimum absolute atomic E-state index is 0.637. The molecular weight excluding hydrogens is 218 g/mol. The van der Waals surface area contributed by atoms with Crippen molar-refractivity contribution in [3.8, 4) is 0 Å². The number of hydrogen-bond acceptors (Lipinski definition) is 3. The summed E-state index contributed by atoms with van der Waals surface area (Å²) in [7, 11) is 2.08. The molecule has 1 heterocycles. The molecule has 0 saturated heterocycles. The largest absolute Gasteiger partial charge is 0.340 e. The van der Waals surface area contributed by atoms with E-state index in [9.17, 15) is 0 Å². The Bertz CT molecular complexity index is 299. The van der Waals surface area contributed by atoms with Crippen LogP contribution in [-0.4, -0.2) is 28.3 Å². The summed E-state index contributed by atoms with van der Waals surface area (Å²) < 4.78 is 0. The van der Waals surface area contributed by atoms with Crippen molar-refractivity contribution in [1.29, 1.82) is 0 Å². The Morgan fingerprint density at radius 1 is 1.56 bits per heavy atom. The SMILES string of the molecule is CCC1CCC(NC)C(Sc2ncc[nH]2)C1. The van der Waals surface area contributed by atoms with Gasteiger partial charge in [0.1, 0.15) is 0 Å². The zero-order valence-corrected chi connectivity index (χ0v) is 10.9. The molecule has 1 aromatic heterocycles. The zero-order valence-electron chi connectivity index (χ0n) is 10.1. The smallest absolute Gasteiger partial charge is 0.165 e. The molecule has 1 fully saturated rings. The fourth-order valence-corrected chi connectivity index (χ4v) is 3.85. The molecule has 16 heavy (non-hydrogen) atoms. The molecule has 4 heteroatoms. The van der Waals surface area contributed by atoms with Gasteiger partial charge in [0.2, 0.25) is 0 Å². The van der Waals surface area contributed by atoms with Crippen LogP contribution in [0.15, 0.2) is 17.6 Å². The van der Waals surface area contributed by atoms with Crippen LogP contribution in [0.25, 0.3) is 0 Å². The van der Waals surface area contributed by atoms with E-state index < -0.39 is 0 Å². The Kier molecular flexibility index (Phi) is 4.29. The number of aromatic nitrogens is 2. The van der Waals surface area contributed by atoms with Gasteiger partial charge in [0.25, 0.3) is 0 Å². The Morgan fingerprint density at radius 3 is 3.06 bits per heavy atom. The molecule has 0 aliphatic heterocycles. The van der Waals surface area contributed by atoms with Gasteiger partial charge in [-0.2, -0.15) is 0 Å². The fourth-order valence-electron chi connectivity index (χ4n) is 2.50. The van der Waals surface area contributed by atoms with Crippen LogP contribution >= 0.6 is 11.8 Å². The summed E-state index contributed by atoms with van der Waals surface area (Å²) in [5.74, 6) is 0.900. The van der Waals surface area contributed by atoms with E-state index in [1.165, 1.54) is 25.7 Å². The molecule has 3 nitrogen and oxygen atoms in total. The van der Waals surface area contributed by atoms with E-state index in [2.05, 4.69) is 29.3 Å². The topological polar surface area (TPSA) is 40.7 Å². The third-order valence-corrected chi connectivity index (χ3v) is 4.85. The maximum absolute atomic E-state index is 4.31. The number of thioether (sulfide) groups is 1. The number of aromatic amines is 1. The number of hydrogen-bond donors (Lipinski definition) is 2. The molecular formula is C12H21N3S. The summed E-state index contributed by atoms with van der Waals surface area (Å²) in [5.41, 5.74) is 0. The summed E-state index contributed by atoms with van der Waals surface area (Å²) in [6.07, 6.45) is 9.03. The molecule has 90 valence electrons. The molecule has 2 rings (SSSR count). The maximum Gasteiger partial charge on any atom is 0.165 e. The molecule has 0 amide bonds. The predicted molar refractivity (Wildman–Crippen MR) is 68.7 cm³/mol. The first-order valence-corrected chi connectivity index (χ1v) is 7.04. The third kappa shape index (κ3) is 2.80. The van der Waals surface area contributed by atoms with Crippen LogP contribution in [-0.2, 0) is 0 Å². The van der Waals surface area contributed by atoms with Crippen LogP contribution < -0.4 is 5.32 Å². The van der Waals surface area contributed by atoms with Crippen molar-refractivity contribution in [3.05, 3.63) is 12.4 Å². The van der Waals surface area contributed by atoms with Crippen LogP contribution in [0.5, 0.6) is 0 Å². The lowest BCUT2D eigenvalue weighted by Gasteiger charge is -2.34. The van der Waals surface area contributed by atoms with Crippen molar-refractivity contribution in [3.63, 3.8) is 0 Å². The molecule has 3 unspecified atom stereocenters. The van der Waals surface area contributed by atoms with Crippen LogP contribution in [0.2, 0.25) is 0 Å². The summed E-state index contributed by atoms with van der Waals surface area (Å²) in [6.45, 7) is 2.30. The van der Waals surface area contributed by atoms with Crippen molar-refractivity contribution in [2.45, 2.75) is 49.1 Å². The Balaban J connectivity index is 1.97. The molecule has 2 N–H and O–H groups in total. The van der Waals surface area contributed by atoms with E-state index in [1.807, 2.05) is 24.2 Å². The van der Waals surface area contributed by atoms with Crippen molar-refractivity contribution < 1.29 is 0 Å². The third-order valence-electron chi connectivity index (χ3n) is 3.58. The molecule has 1 aromatic rings. The van der Waals surface area contributed by atoms with Gasteiger partial charge in [-0.15, -0.1) is 0 Å². The minimum atomic E-state index is 0.637. The Hall–Kier alpha value is -0.480. The summed E-state index contributed by atoms with van der Waals surface area (Å²) in [4.78, 5) is 7.50. The molecule has 0 spiro atoms. The van der Waals surface area contributed by atoms with Crippen molar-refractivity contribution in [2.75, 3.05) is 7.05 Å². The van der Waals surface area contributed by atoms with Crippen LogP contribution in [0, 0.1) is 5.92 Å². The number of nitrogens with zero attached hydrogens (tertiary/aromatic N) is 1. The van der Waals surface area contributed by atoms with Gasteiger partial charge in [0, 0.05) is 23.7 Å². The average Bonchev–Trinajstić information content (AvgIpc) is 2.82. The summed E-state index contributed by atoms with van der Waals surface area (Å²) in [5, 5.41) is 5.17. The van der Waals surface area contributed by atoms with E-state index >= 15 is 0 Å². The highest BCUT2D eigenvalue weighted by Gasteiger charge is 2.29. The first-order chi connectivity index (χ1) is 7.83. The first kappa shape index (κ1) is 12.0. The summed E-state index contributed by atoms with van der Waals surface area (Å²) in [6, 6.07) is 0.637. The summed E-state index contributed by atoms with van der Waals surface area (Å²) >= 11 is 1.89. The monoisotopic (exact) mass is 239 g/mol. The standard InChI is InChI=1S/C12H21N3S/c1-3-9-4-5-10(13-2)11(8-9)16-12-14-6-7-15-12/h6-7,9-11,13H,3-5,8H2,1-2H3,(H,14,15). The van der Waals surface area contributed by atoms with Gasteiger partial charge in [0.15, 0.2) is 5.16 Å². The second-order valence-corrected chi connectivity index (χ2v) is 5.76. The zero-order chi connectivity index (χ0) is 11.4. The molecule has 1 aliphatic carbocycles. The molecule has 0 radical (unpaired) electrons. The highest BCUT2D eigenvalue weighted by molar-refractivity contribution is 7.99. The van der Waals surface area contributed by atoms with E-state index in [-0.39, 0.29) is 0 Å². The van der Waals surface area contributed by atoms with Gasteiger partial charge in [0.05, 0.1) is 0 Å². The van der Waals surface area contributed by atoms with E-state index in [1.54, 1.807) is 0 Å². The average molecular weight is 239 g/mol. The second kappa shape index (κ2) is 5.73. The highest BCUT2D eigenvalue weighted by atomic mass is 32.2. The molecule has 0 bridgehead atoms. The molecule has 1 aliphatic rings. The number of rotatable bonds is 4. The first-order valence-electron chi connectivity index (χ1n) is 6.16. The molecule has 3 atom stereocenters.